The molecule has 8 nitrogen and oxygen atoms in total. The van der Waals surface area contributed by atoms with Crippen LogP contribution < -0.4 is 16.0 Å². The lowest BCUT2D eigenvalue weighted by molar-refractivity contribution is -0.154. The molecule has 0 aromatic rings. The van der Waals surface area contributed by atoms with Crippen molar-refractivity contribution in [1.82, 2.24) is 16.0 Å². The number of esters is 1. The van der Waals surface area contributed by atoms with Crippen molar-refractivity contribution in [2.75, 3.05) is 6.61 Å². The van der Waals surface area contributed by atoms with Crippen LogP contribution in [0, 0.1) is 11.8 Å². The zero-order valence-electron chi connectivity index (χ0n) is 14.3. The largest absolute Gasteiger partial charge is 0.455 e. The van der Waals surface area contributed by atoms with Gasteiger partial charge in [-0.2, -0.15) is 0 Å². The number of carbonyl (C=O) groups excluding carboxylic acids is 4. The van der Waals surface area contributed by atoms with Crippen molar-refractivity contribution < 1.29 is 23.9 Å². The van der Waals surface area contributed by atoms with Gasteiger partial charge in [0, 0.05) is 6.04 Å². The van der Waals surface area contributed by atoms with Gasteiger partial charge in [-0.05, 0) is 38.5 Å². The van der Waals surface area contributed by atoms with E-state index >= 15 is 0 Å². The maximum Gasteiger partial charge on any atom is 0.322 e. The van der Waals surface area contributed by atoms with Crippen LogP contribution in [0.5, 0.6) is 0 Å². The molecule has 0 bridgehead atoms. The van der Waals surface area contributed by atoms with E-state index in [1.807, 2.05) is 20.8 Å². The molecule has 1 aliphatic heterocycles. The summed E-state index contributed by atoms with van der Waals surface area (Å²) in [5.41, 5.74) is -0.891. The molecular formula is C16H25N3O5. The van der Waals surface area contributed by atoms with Gasteiger partial charge in [-0.1, -0.05) is 13.8 Å². The van der Waals surface area contributed by atoms with Crippen molar-refractivity contribution in [3.8, 4) is 0 Å². The number of amides is 4. The Morgan fingerprint density at radius 2 is 1.88 bits per heavy atom. The first-order chi connectivity index (χ1) is 11.2. The van der Waals surface area contributed by atoms with Crippen LogP contribution >= 0.6 is 0 Å². The molecule has 24 heavy (non-hydrogen) atoms. The number of imide groups is 1. The van der Waals surface area contributed by atoms with Crippen LogP contribution in [0.2, 0.25) is 0 Å². The van der Waals surface area contributed by atoms with E-state index in [1.54, 1.807) is 0 Å². The van der Waals surface area contributed by atoms with Crippen LogP contribution in [0.25, 0.3) is 0 Å². The molecule has 8 heteroatoms. The predicted octanol–water partition coefficient (Wildman–Crippen LogP) is 0.459. The third-order valence-corrected chi connectivity index (χ3v) is 4.92. The van der Waals surface area contributed by atoms with Crippen molar-refractivity contribution in [2.24, 2.45) is 11.8 Å². The minimum absolute atomic E-state index is 0.00947. The summed E-state index contributed by atoms with van der Waals surface area (Å²) < 4.78 is 5.08. The van der Waals surface area contributed by atoms with Crippen molar-refractivity contribution >= 4 is 23.8 Å². The smallest absolute Gasteiger partial charge is 0.322 e. The van der Waals surface area contributed by atoms with Gasteiger partial charge < -0.3 is 15.4 Å². The fourth-order valence-corrected chi connectivity index (χ4v) is 2.94. The Kier molecular flexibility index (Phi) is 5.46. The van der Waals surface area contributed by atoms with Gasteiger partial charge in [-0.15, -0.1) is 0 Å². The molecule has 134 valence electrons. The number of rotatable bonds is 5. The lowest BCUT2D eigenvalue weighted by atomic mass is 9.76. The summed E-state index contributed by atoms with van der Waals surface area (Å²) in [6.07, 6.45) is 1.66. The van der Waals surface area contributed by atoms with E-state index < -0.39 is 17.5 Å². The Morgan fingerprint density at radius 3 is 2.38 bits per heavy atom. The van der Waals surface area contributed by atoms with Crippen molar-refractivity contribution in [1.29, 1.82) is 0 Å². The molecule has 1 saturated heterocycles. The van der Waals surface area contributed by atoms with E-state index in [1.165, 1.54) is 0 Å². The van der Waals surface area contributed by atoms with Gasteiger partial charge in [0.25, 0.3) is 11.8 Å². The highest BCUT2D eigenvalue weighted by Crippen LogP contribution is 2.34. The molecule has 1 aliphatic carbocycles. The molecule has 1 heterocycles. The first-order valence-corrected chi connectivity index (χ1v) is 8.33. The van der Waals surface area contributed by atoms with E-state index in [4.69, 9.17) is 4.74 Å². The SMILES string of the molecule is CC(C)[C@H](C)NC(=O)COC(=O)C1CCC2(CC1)NC(=O)NC2=O. The molecule has 1 spiro atoms. The summed E-state index contributed by atoms with van der Waals surface area (Å²) in [6.45, 7) is 5.58. The average molecular weight is 339 g/mol. The highest BCUT2D eigenvalue weighted by molar-refractivity contribution is 6.07. The van der Waals surface area contributed by atoms with Crippen molar-refractivity contribution in [2.45, 2.75) is 58.0 Å². The third kappa shape index (κ3) is 4.04. The monoisotopic (exact) mass is 339 g/mol. The third-order valence-electron chi connectivity index (χ3n) is 4.92. The molecular weight excluding hydrogens is 314 g/mol. The lowest BCUT2D eigenvalue weighted by Gasteiger charge is -2.33. The second kappa shape index (κ2) is 7.19. The molecule has 4 amide bonds. The minimum Gasteiger partial charge on any atom is -0.455 e. The average Bonchev–Trinajstić information content (AvgIpc) is 2.79. The first kappa shape index (κ1) is 18.2. The summed E-state index contributed by atoms with van der Waals surface area (Å²) in [5.74, 6) is -1.13. The second-order valence-electron chi connectivity index (χ2n) is 6.97. The number of hydrogen-bond acceptors (Lipinski definition) is 5. The van der Waals surface area contributed by atoms with E-state index in [0.717, 1.165) is 0 Å². The molecule has 2 fully saturated rings. The fraction of sp³-hybridized carbons (Fsp3) is 0.750. The molecule has 3 N–H and O–H groups in total. The van der Waals surface area contributed by atoms with Crippen molar-refractivity contribution in [3.63, 3.8) is 0 Å². The summed E-state index contributed by atoms with van der Waals surface area (Å²) in [7, 11) is 0. The van der Waals surface area contributed by atoms with E-state index in [0.29, 0.717) is 31.6 Å². The van der Waals surface area contributed by atoms with Gasteiger partial charge in [-0.25, -0.2) is 4.79 Å². The van der Waals surface area contributed by atoms with Gasteiger partial charge in [0.2, 0.25) is 0 Å². The summed E-state index contributed by atoms with van der Waals surface area (Å²) in [5, 5.41) is 7.65. The molecule has 0 aromatic carbocycles. The Hall–Kier alpha value is -2.12. The first-order valence-electron chi connectivity index (χ1n) is 8.33. The van der Waals surface area contributed by atoms with Crippen LogP contribution in [-0.4, -0.2) is 42.0 Å². The van der Waals surface area contributed by atoms with E-state index in [-0.39, 0.29) is 30.4 Å². The van der Waals surface area contributed by atoms with Crippen molar-refractivity contribution in [3.05, 3.63) is 0 Å². The van der Waals surface area contributed by atoms with Gasteiger partial charge in [0.05, 0.1) is 5.92 Å². The topological polar surface area (TPSA) is 114 Å². The maximum absolute atomic E-state index is 12.1. The molecule has 0 radical (unpaired) electrons. The highest BCUT2D eigenvalue weighted by Gasteiger charge is 2.49. The number of hydrogen-bond donors (Lipinski definition) is 3. The number of ether oxygens (including phenoxy) is 1. The molecule has 2 aliphatic rings. The highest BCUT2D eigenvalue weighted by atomic mass is 16.5. The second-order valence-corrected chi connectivity index (χ2v) is 6.97. The predicted molar refractivity (Wildman–Crippen MR) is 84.8 cm³/mol. The molecule has 1 atom stereocenters. The fourth-order valence-electron chi connectivity index (χ4n) is 2.94. The van der Waals surface area contributed by atoms with Crippen LogP contribution in [0.3, 0.4) is 0 Å². The van der Waals surface area contributed by atoms with E-state index in [2.05, 4.69) is 16.0 Å². The molecule has 0 unspecified atom stereocenters. The number of nitrogens with one attached hydrogen (secondary N) is 3. The molecule has 1 saturated carbocycles. The summed E-state index contributed by atoms with van der Waals surface area (Å²) in [4.78, 5) is 46.9. The van der Waals surface area contributed by atoms with Gasteiger partial charge in [0.15, 0.2) is 6.61 Å². The lowest BCUT2D eigenvalue weighted by Crippen LogP contribution is -2.50. The van der Waals surface area contributed by atoms with Crippen LogP contribution in [0.4, 0.5) is 4.79 Å². The van der Waals surface area contributed by atoms with Gasteiger partial charge in [-0.3, -0.25) is 19.7 Å². The Labute approximate surface area is 141 Å². The Bertz CT molecular complexity index is 538. The number of urea groups is 1. The standard InChI is InChI=1S/C16H25N3O5/c1-9(2)10(3)17-12(20)8-24-13(21)11-4-6-16(7-5-11)14(22)18-15(23)19-16/h9-11H,4-8H2,1-3H3,(H,17,20)(H2,18,19,22,23)/t10-,11?,16?/m0/s1. The van der Waals surface area contributed by atoms with Crippen LogP contribution in [-0.2, 0) is 19.1 Å². The van der Waals surface area contributed by atoms with E-state index in [9.17, 15) is 19.2 Å². The van der Waals surface area contributed by atoms with Gasteiger partial charge >= 0.3 is 12.0 Å². The summed E-state index contributed by atoms with van der Waals surface area (Å²) >= 11 is 0. The Morgan fingerprint density at radius 1 is 1.25 bits per heavy atom. The molecule has 2 rings (SSSR count). The van der Waals surface area contributed by atoms with Gasteiger partial charge in [0.1, 0.15) is 5.54 Å². The maximum atomic E-state index is 12.1. The minimum atomic E-state index is -0.891. The van der Waals surface area contributed by atoms with Crippen LogP contribution in [0.1, 0.15) is 46.5 Å². The zero-order valence-corrected chi connectivity index (χ0v) is 14.3. The summed E-state index contributed by atoms with van der Waals surface area (Å²) in [6, 6.07) is -0.479. The number of carbonyl (C=O) groups is 4. The normalized spacial score (nSPS) is 27.6. The molecule has 0 aromatic heterocycles. The quantitative estimate of drug-likeness (QED) is 0.497. The van der Waals surface area contributed by atoms with Crippen LogP contribution in [0.15, 0.2) is 0 Å². The Balaban J connectivity index is 1.76. The zero-order chi connectivity index (χ0) is 17.9.